The summed E-state index contributed by atoms with van der Waals surface area (Å²) < 4.78 is 5.15. The van der Waals surface area contributed by atoms with Crippen LogP contribution >= 0.6 is 0 Å². The molecule has 0 bridgehead atoms. The van der Waals surface area contributed by atoms with E-state index in [2.05, 4.69) is 15.5 Å². The van der Waals surface area contributed by atoms with Gasteiger partial charge in [-0.2, -0.15) is 15.0 Å². The zero-order valence-electron chi connectivity index (χ0n) is 13.1. The molecule has 1 aromatic heterocycles. The van der Waals surface area contributed by atoms with Crippen LogP contribution in [-0.4, -0.2) is 33.4 Å². The van der Waals surface area contributed by atoms with Crippen LogP contribution in [0.25, 0.3) is 5.69 Å². The van der Waals surface area contributed by atoms with Gasteiger partial charge < -0.3 is 15.8 Å². The van der Waals surface area contributed by atoms with E-state index in [1.54, 1.807) is 60.9 Å². The van der Waals surface area contributed by atoms with Gasteiger partial charge in [-0.3, -0.25) is 9.59 Å². The second-order valence-electron chi connectivity index (χ2n) is 5.10. The highest BCUT2D eigenvalue weighted by Gasteiger charge is 2.07. The number of carbonyl (C=O) groups is 2. The number of hydrogen-bond donors (Lipinski definition) is 2. The normalized spacial score (nSPS) is 10.2. The predicted octanol–water partition coefficient (Wildman–Crippen LogP) is 1.38. The lowest BCUT2D eigenvalue weighted by molar-refractivity contribution is -0.119. The van der Waals surface area contributed by atoms with Crippen molar-refractivity contribution in [3.8, 4) is 11.4 Å². The Kier molecular flexibility index (Phi) is 4.70. The number of nitrogens with one attached hydrogen (secondary N) is 1. The Morgan fingerprint density at radius 1 is 1.00 bits per heavy atom. The molecule has 0 fully saturated rings. The van der Waals surface area contributed by atoms with Crippen LogP contribution in [0.15, 0.2) is 60.9 Å². The summed E-state index contributed by atoms with van der Waals surface area (Å²) in [5.41, 5.74) is 6.91. The Labute approximate surface area is 143 Å². The van der Waals surface area contributed by atoms with Crippen LogP contribution in [0.3, 0.4) is 0 Å². The van der Waals surface area contributed by atoms with Crippen molar-refractivity contribution in [2.75, 3.05) is 11.9 Å². The van der Waals surface area contributed by atoms with Crippen LogP contribution in [0.5, 0.6) is 5.75 Å². The first-order valence-electron chi connectivity index (χ1n) is 7.41. The summed E-state index contributed by atoms with van der Waals surface area (Å²) in [5.74, 6) is -0.353. The first-order valence-corrected chi connectivity index (χ1v) is 7.41. The van der Waals surface area contributed by atoms with E-state index in [1.807, 2.05) is 0 Å². The third-order valence-corrected chi connectivity index (χ3v) is 3.27. The van der Waals surface area contributed by atoms with Crippen molar-refractivity contribution in [3.63, 3.8) is 0 Å². The van der Waals surface area contributed by atoms with Crippen molar-refractivity contribution < 1.29 is 14.3 Å². The Morgan fingerprint density at radius 3 is 2.24 bits per heavy atom. The summed E-state index contributed by atoms with van der Waals surface area (Å²) in [6.07, 6.45) is 3.18. The molecule has 0 saturated carbocycles. The average Bonchev–Trinajstić information content (AvgIpc) is 3.15. The fraction of sp³-hybridized carbons (Fsp3) is 0.0588. The van der Waals surface area contributed by atoms with Crippen molar-refractivity contribution in [1.82, 2.24) is 15.0 Å². The number of primary amides is 1. The highest BCUT2D eigenvalue weighted by atomic mass is 16.5. The molecular formula is C17H15N5O3. The summed E-state index contributed by atoms with van der Waals surface area (Å²) in [5, 5.41) is 10.9. The van der Waals surface area contributed by atoms with Crippen LogP contribution in [0.1, 0.15) is 10.4 Å². The fourth-order valence-electron chi connectivity index (χ4n) is 2.09. The van der Waals surface area contributed by atoms with E-state index in [0.29, 0.717) is 17.0 Å². The van der Waals surface area contributed by atoms with Gasteiger partial charge in [0.05, 0.1) is 18.1 Å². The minimum absolute atomic E-state index is 0.205. The largest absolute Gasteiger partial charge is 0.484 e. The van der Waals surface area contributed by atoms with Crippen LogP contribution in [0.2, 0.25) is 0 Å². The number of hydrogen-bond acceptors (Lipinski definition) is 5. The molecule has 8 heteroatoms. The highest BCUT2D eigenvalue weighted by Crippen LogP contribution is 2.15. The standard InChI is InChI=1S/C17H15N5O3/c18-16(23)11-25-15-7-1-12(2-8-15)17(24)21-13-3-5-14(6-4-13)22-19-9-10-20-22/h1-10H,11H2,(H2,18,23)(H,21,24). The van der Waals surface area contributed by atoms with E-state index in [-0.39, 0.29) is 12.5 Å². The zero-order chi connectivity index (χ0) is 17.6. The van der Waals surface area contributed by atoms with E-state index in [0.717, 1.165) is 5.69 Å². The number of rotatable bonds is 6. The number of carbonyl (C=O) groups excluding carboxylic acids is 2. The molecule has 2 aromatic carbocycles. The Morgan fingerprint density at radius 2 is 1.64 bits per heavy atom. The maximum Gasteiger partial charge on any atom is 0.255 e. The molecule has 8 nitrogen and oxygen atoms in total. The molecule has 3 N–H and O–H groups in total. The van der Waals surface area contributed by atoms with Gasteiger partial charge >= 0.3 is 0 Å². The van der Waals surface area contributed by atoms with Gasteiger partial charge in [0.25, 0.3) is 11.8 Å². The maximum absolute atomic E-state index is 12.2. The summed E-state index contributed by atoms with van der Waals surface area (Å²) in [6, 6.07) is 13.5. The first kappa shape index (κ1) is 16.2. The van der Waals surface area contributed by atoms with Crippen molar-refractivity contribution >= 4 is 17.5 Å². The maximum atomic E-state index is 12.2. The van der Waals surface area contributed by atoms with Crippen molar-refractivity contribution in [2.45, 2.75) is 0 Å². The molecule has 0 aliphatic rings. The lowest BCUT2D eigenvalue weighted by Crippen LogP contribution is -2.20. The molecule has 0 unspecified atom stereocenters. The second kappa shape index (κ2) is 7.26. The van der Waals surface area contributed by atoms with E-state index >= 15 is 0 Å². The molecule has 0 aliphatic carbocycles. The monoisotopic (exact) mass is 337 g/mol. The molecule has 126 valence electrons. The minimum Gasteiger partial charge on any atom is -0.484 e. The van der Waals surface area contributed by atoms with Gasteiger partial charge in [-0.05, 0) is 48.5 Å². The minimum atomic E-state index is -0.560. The molecule has 0 spiro atoms. The number of nitrogens with two attached hydrogens (primary N) is 1. The lowest BCUT2D eigenvalue weighted by Gasteiger charge is -2.08. The summed E-state index contributed by atoms with van der Waals surface area (Å²) in [7, 11) is 0. The van der Waals surface area contributed by atoms with E-state index in [1.165, 1.54) is 4.80 Å². The molecule has 0 atom stereocenters. The van der Waals surface area contributed by atoms with Crippen LogP contribution in [0, 0.1) is 0 Å². The molecule has 25 heavy (non-hydrogen) atoms. The Balaban J connectivity index is 1.62. The van der Waals surface area contributed by atoms with Crippen molar-refractivity contribution in [2.24, 2.45) is 5.73 Å². The van der Waals surface area contributed by atoms with Crippen LogP contribution in [-0.2, 0) is 4.79 Å². The molecule has 0 saturated heterocycles. The van der Waals surface area contributed by atoms with Crippen molar-refractivity contribution in [3.05, 3.63) is 66.5 Å². The van der Waals surface area contributed by atoms with E-state index < -0.39 is 5.91 Å². The van der Waals surface area contributed by atoms with Gasteiger partial charge in [0.2, 0.25) is 0 Å². The number of amides is 2. The fourth-order valence-corrected chi connectivity index (χ4v) is 2.09. The smallest absolute Gasteiger partial charge is 0.255 e. The van der Waals surface area contributed by atoms with Gasteiger partial charge in [0.15, 0.2) is 6.61 Å². The van der Waals surface area contributed by atoms with E-state index in [4.69, 9.17) is 10.5 Å². The summed E-state index contributed by atoms with van der Waals surface area (Å²) >= 11 is 0. The Hall–Kier alpha value is -3.68. The lowest BCUT2D eigenvalue weighted by atomic mass is 10.2. The Bertz CT molecular complexity index is 858. The van der Waals surface area contributed by atoms with E-state index in [9.17, 15) is 9.59 Å². The number of anilines is 1. The molecule has 2 amide bonds. The number of aromatic nitrogens is 3. The summed E-state index contributed by atoms with van der Waals surface area (Å²) in [6.45, 7) is -0.205. The van der Waals surface area contributed by atoms with Gasteiger partial charge in [-0.25, -0.2) is 0 Å². The first-order chi connectivity index (χ1) is 12.1. The molecule has 3 rings (SSSR count). The van der Waals surface area contributed by atoms with Gasteiger partial charge in [-0.15, -0.1) is 0 Å². The van der Waals surface area contributed by atoms with Crippen LogP contribution < -0.4 is 15.8 Å². The average molecular weight is 337 g/mol. The number of benzene rings is 2. The topological polar surface area (TPSA) is 112 Å². The van der Waals surface area contributed by atoms with Crippen LogP contribution in [0.4, 0.5) is 5.69 Å². The van der Waals surface area contributed by atoms with Gasteiger partial charge in [0, 0.05) is 11.3 Å². The predicted molar refractivity (Wildman–Crippen MR) is 90.4 cm³/mol. The molecule has 0 radical (unpaired) electrons. The third kappa shape index (κ3) is 4.20. The van der Waals surface area contributed by atoms with Gasteiger partial charge in [-0.1, -0.05) is 0 Å². The van der Waals surface area contributed by atoms with Gasteiger partial charge in [0.1, 0.15) is 5.75 Å². The molecular weight excluding hydrogens is 322 g/mol. The highest BCUT2D eigenvalue weighted by molar-refractivity contribution is 6.04. The van der Waals surface area contributed by atoms with Crippen molar-refractivity contribution in [1.29, 1.82) is 0 Å². The molecule has 0 aliphatic heterocycles. The zero-order valence-corrected chi connectivity index (χ0v) is 13.1. The quantitative estimate of drug-likeness (QED) is 0.706. The third-order valence-electron chi connectivity index (χ3n) is 3.27. The number of ether oxygens (including phenoxy) is 1. The molecule has 1 heterocycles. The SMILES string of the molecule is NC(=O)COc1ccc(C(=O)Nc2ccc(-n3nccn3)cc2)cc1. The molecule has 3 aromatic rings. The summed E-state index contributed by atoms with van der Waals surface area (Å²) in [4.78, 5) is 24.4. The number of nitrogens with zero attached hydrogens (tertiary/aromatic N) is 3. The second-order valence-corrected chi connectivity index (χ2v) is 5.10.